The van der Waals surface area contributed by atoms with Gasteiger partial charge in [-0.25, -0.2) is 0 Å². The Labute approximate surface area is 90.0 Å². The van der Waals surface area contributed by atoms with Crippen molar-refractivity contribution in [2.45, 2.75) is 10.9 Å². The lowest BCUT2D eigenvalue weighted by Crippen LogP contribution is -2.32. The predicted octanol–water partition coefficient (Wildman–Crippen LogP) is 2.01. The molecule has 2 nitrogen and oxygen atoms in total. The Morgan fingerprint density at radius 1 is 1.36 bits per heavy atom. The van der Waals surface area contributed by atoms with Crippen LogP contribution in [0.3, 0.4) is 0 Å². The lowest BCUT2D eigenvalue weighted by Gasteiger charge is -2.14. The van der Waals surface area contributed by atoms with Crippen molar-refractivity contribution < 1.29 is 4.74 Å². The minimum Gasteiger partial charge on any atom is -0.383 e. The molecule has 14 heavy (non-hydrogen) atoms. The van der Waals surface area contributed by atoms with Crippen LogP contribution in [0.2, 0.25) is 0 Å². The maximum absolute atomic E-state index is 5.11. The van der Waals surface area contributed by atoms with E-state index in [2.05, 4.69) is 29.6 Å². The number of hydrogen-bond donors (Lipinski definition) is 1. The van der Waals surface area contributed by atoms with E-state index >= 15 is 0 Å². The fourth-order valence-corrected chi connectivity index (χ4v) is 2.14. The molecule has 0 aliphatic carbocycles. The van der Waals surface area contributed by atoms with Gasteiger partial charge in [-0.05, 0) is 19.2 Å². The van der Waals surface area contributed by atoms with E-state index in [1.165, 1.54) is 4.90 Å². The quantitative estimate of drug-likeness (QED) is 0.727. The third kappa shape index (κ3) is 4.13. The first kappa shape index (κ1) is 11.6. The molecule has 0 aromatic heterocycles. The fourth-order valence-electron chi connectivity index (χ4n) is 1.13. The summed E-state index contributed by atoms with van der Waals surface area (Å²) in [5.74, 6) is 1.04. The van der Waals surface area contributed by atoms with Gasteiger partial charge in [-0.2, -0.15) is 0 Å². The summed E-state index contributed by atoms with van der Waals surface area (Å²) in [5, 5.41) is 3.23. The number of benzene rings is 1. The zero-order chi connectivity index (χ0) is 10.2. The first-order chi connectivity index (χ1) is 6.86. The second-order valence-corrected chi connectivity index (χ2v) is 4.16. The molecule has 0 aliphatic heterocycles. The largest absolute Gasteiger partial charge is 0.383 e. The van der Waals surface area contributed by atoms with Crippen LogP contribution in [-0.4, -0.2) is 32.6 Å². The van der Waals surface area contributed by atoms with E-state index in [1.54, 1.807) is 7.11 Å². The Bertz CT molecular complexity index is 240. The van der Waals surface area contributed by atoms with E-state index in [9.17, 15) is 0 Å². The van der Waals surface area contributed by atoms with Gasteiger partial charge in [-0.1, -0.05) is 18.2 Å². The molecule has 0 radical (unpaired) electrons. The van der Waals surface area contributed by atoms with Gasteiger partial charge in [0.15, 0.2) is 0 Å². The van der Waals surface area contributed by atoms with Gasteiger partial charge >= 0.3 is 0 Å². The highest BCUT2D eigenvalue weighted by Gasteiger charge is 2.05. The number of rotatable bonds is 6. The zero-order valence-corrected chi connectivity index (χ0v) is 9.51. The van der Waals surface area contributed by atoms with Gasteiger partial charge in [-0.3, -0.25) is 0 Å². The van der Waals surface area contributed by atoms with E-state index in [-0.39, 0.29) is 0 Å². The molecule has 0 fully saturated rings. The predicted molar refractivity (Wildman–Crippen MR) is 61.9 cm³/mol. The third-order valence-electron chi connectivity index (χ3n) is 1.97. The van der Waals surface area contributed by atoms with Gasteiger partial charge in [0.05, 0.1) is 6.61 Å². The van der Waals surface area contributed by atoms with Gasteiger partial charge in [0.2, 0.25) is 0 Å². The van der Waals surface area contributed by atoms with E-state index in [0.29, 0.717) is 6.04 Å². The first-order valence-electron chi connectivity index (χ1n) is 4.71. The topological polar surface area (TPSA) is 21.3 Å². The number of ether oxygens (including phenoxy) is 1. The molecule has 1 aromatic carbocycles. The van der Waals surface area contributed by atoms with Crippen LogP contribution in [0.4, 0.5) is 0 Å². The molecule has 1 aromatic rings. The van der Waals surface area contributed by atoms with Gasteiger partial charge in [0.1, 0.15) is 0 Å². The lowest BCUT2D eigenvalue weighted by molar-refractivity contribution is 0.177. The standard InChI is InChI=1S/C11H17NOS/c1-12-10(8-13-2)9-14-11-6-4-3-5-7-11/h3-7,10,12H,8-9H2,1-2H3. The molecular weight excluding hydrogens is 194 g/mol. The van der Waals surface area contributed by atoms with Gasteiger partial charge < -0.3 is 10.1 Å². The second kappa shape index (κ2) is 6.87. The van der Waals surface area contributed by atoms with E-state index in [1.807, 2.05) is 24.9 Å². The molecule has 0 bridgehead atoms. The maximum Gasteiger partial charge on any atom is 0.0623 e. The Hall–Kier alpha value is -0.510. The Balaban J connectivity index is 2.32. The normalized spacial score (nSPS) is 12.7. The zero-order valence-electron chi connectivity index (χ0n) is 8.69. The molecule has 0 spiro atoms. The van der Waals surface area contributed by atoms with Crippen molar-refractivity contribution >= 4 is 11.8 Å². The van der Waals surface area contributed by atoms with Crippen LogP contribution in [0.25, 0.3) is 0 Å². The minimum atomic E-state index is 0.421. The summed E-state index contributed by atoms with van der Waals surface area (Å²) in [6.45, 7) is 0.760. The maximum atomic E-state index is 5.11. The molecule has 1 N–H and O–H groups in total. The van der Waals surface area contributed by atoms with Crippen LogP contribution >= 0.6 is 11.8 Å². The number of nitrogens with one attached hydrogen (secondary N) is 1. The lowest BCUT2D eigenvalue weighted by atomic mass is 10.4. The van der Waals surface area contributed by atoms with Crippen molar-refractivity contribution in [1.29, 1.82) is 0 Å². The number of thioether (sulfide) groups is 1. The van der Waals surface area contributed by atoms with Crippen LogP contribution in [-0.2, 0) is 4.74 Å². The van der Waals surface area contributed by atoms with Crippen LogP contribution in [0.1, 0.15) is 0 Å². The highest BCUT2D eigenvalue weighted by Crippen LogP contribution is 2.17. The Morgan fingerprint density at radius 3 is 2.64 bits per heavy atom. The summed E-state index contributed by atoms with van der Waals surface area (Å²) in [6.07, 6.45) is 0. The third-order valence-corrected chi connectivity index (χ3v) is 3.15. The molecule has 3 heteroatoms. The molecule has 1 rings (SSSR count). The summed E-state index contributed by atoms with van der Waals surface area (Å²) in [7, 11) is 3.70. The van der Waals surface area contributed by atoms with E-state index in [0.717, 1.165) is 12.4 Å². The van der Waals surface area contributed by atoms with E-state index < -0.39 is 0 Å². The van der Waals surface area contributed by atoms with Crippen LogP contribution in [0, 0.1) is 0 Å². The Morgan fingerprint density at radius 2 is 2.07 bits per heavy atom. The molecule has 0 heterocycles. The number of methoxy groups -OCH3 is 1. The fraction of sp³-hybridized carbons (Fsp3) is 0.455. The van der Waals surface area contributed by atoms with Gasteiger partial charge in [-0.15, -0.1) is 11.8 Å². The summed E-state index contributed by atoms with van der Waals surface area (Å²) >= 11 is 1.85. The highest BCUT2D eigenvalue weighted by atomic mass is 32.2. The molecule has 0 amide bonds. The summed E-state index contributed by atoms with van der Waals surface area (Å²) in [5.41, 5.74) is 0. The number of hydrogen-bond acceptors (Lipinski definition) is 3. The SMILES string of the molecule is CNC(COC)CSc1ccccc1. The van der Waals surface area contributed by atoms with Gasteiger partial charge in [0.25, 0.3) is 0 Å². The molecule has 78 valence electrons. The molecule has 0 aliphatic rings. The van der Waals surface area contributed by atoms with Crippen LogP contribution < -0.4 is 5.32 Å². The van der Waals surface area contributed by atoms with Crippen LogP contribution in [0.5, 0.6) is 0 Å². The van der Waals surface area contributed by atoms with Crippen molar-refractivity contribution in [2.75, 3.05) is 26.5 Å². The van der Waals surface area contributed by atoms with Crippen molar-refractivity contribution in [3.8, 4) is 0 Å². The summed E-state index contributed by atoms with van der Waals surface area (Å²) in [4.78, 5) is 1.31. The summed E-state index contributed by atoms with van der Waals surface area (Å²) in [6, 6.07) is 10.8. The molecule has 0 saturated heterocycles. The second-order valence-electron chi connectivity index (χ2n) is 3.06. The van der Waals surface area contributed by atoms with Crippen LogP contribution in [0.15, 0.2) is 35.2 Å². The minimum absolute atomic E-state index is 0.421. The van der Waals surface area contributed by atoms with Crippen molar-refractivity contribution in [3.05, 3.63) is 30.3 Å². The van der Waals surface area contributed by atoms with Crippen molar-refractivity contribution in [2.24, 2.45) is 0 Å². The molecule has 1 unspecified atom stereocenters. The van der Waals surface area contributed by atoms with Crippen molar-refractivity contribution in [1.82, 2.24) is 5.32 Å². The molecular formula is C11H17NOS. The average molecular weight is 211 g/mol. The monoisotopic (exact) mass is 211 g/mol. The molecule has 0 saturated carbocycles. The Kier molecular flexibility index (Phi) is 5.68. The van der Waals surface area contributed by atoms with Crippen molar-refractivity contribution in [3.63, 3.8) is 0 Å². The molecule has 1 atom stereocenters. The van der Waals surface area contributed by atoms with E-state index in [4.69, 9.17) is 4.74 Å². The average Bonchev–Trinajstić information content (AvgIpc) is 2.25. The number of likely N-dealkylation sites (N-methyl/N-ethyl adjacent to an activating group) is 1. The first-order valence-corrected chi connectivity index (χ1v) is 5.69. The highest BCUT2D eigenvalue weighted by molar-refractivity contribution is 7.99. The summed E-state index contributed by atoms with van der Waals surface area (Å²) < 4.78 is 5.11. The smallest absolute Gasteiger partial charge is 0.0623 e. The van der Waals surface area contributed by atoms with Gasteiger partial charge in [0, 0.05) is 23.8 Å².